The van der Waals surface area contributed by atoms with Gasteiger partial charge in [-0.3, -0.25) is 0 Å². The molecule has 1 aromatic carbocycles. The van der Waals surface area contributed by atoms with E-state index in [1.165, 1.54) is 12.1 Å². The minimum atomic E-state index is -4.40. The van der Waals surface area contributed by atoms with Crippen LogP contribution in [-0.2, 0) is 16.8 Å². The maximum absolute atomic E-state index is 13.1. The molecular formula is C15H19ClF3NO. The van der Waals surface area contributed by atoms with Crippen LogP contribution in [-0.4, -0.2) is 24.8 Å². The highest BCUT2D eigenvalue weighted by molar-refractivity contribution is 6.17. The molecular weight excluding hydrogens is 303 g/mol. The molecule has 0 spiro atoms. The molecule has 6 heteroatoms. The third kappa shape index (κ3) is 3.83. The normalized spacial score (nSPS) is 22.4. The summed E-state index contributed by atoms with van der Waals surface area (Å²) in [5, 5.41) is 0. The van der Waals surface area contributed by atoms with E-state index < -0.39 is 11.7 Å². The smallest absolute Gasteiger partial charge is 0.369 e. The molecule has 1 aliphatic rings. The Hall–Kier alpha value is -0.940. The van der Waals surface area contributed by atoms with Crippen molar-refractivity contribution in [2.24, 2.45) is 0 Å². The van der Waals surface area contributed by atoms with Crippen molar-refractivity contribution in [1.29, 1.82) is 0 Å². The number of hydrogen-bond donors (Lipinski definition) is 0. The highest BCUT2D eigenvalue weighted by atomic mass is 35.5. The number of nitrogens with zero attached hydrogens (tertiary/aromatic N) is 1. The van der Waals surface area contributed by atoms with Crippen LogP contribution in [0.3, 0.4) is 0 Å². The van der Waals surface area contributed by atoms with Gasteiger partial charge in [-0.15, -0.1) is 11.6 Å². The van der Waals surface area contributed by atoms with Gasteiger partial charge in [-0.25, -0.2) is 0 Å². The lowest BCUT2D eigenvalue weighted by atomic mass is 10.0. The third-order valence-corrected chi connectivity index (χ3v) is 3.77. The minimum absolute atomic E-state index is 0.0317. The first-order valence-corrected chi connectivity index (χ1v) is 7.35. The van der Waals surface area contributed by atoms with Gasteiger partial charge in [-0.05, 0) is 38.5 Å². The largest absolute Gasteiger partial charge is 0.416 e. The molecule has 118 valence electrons. The minimum Gasteiger partial charge on any atom is -0.369 e. The van der Waals surface area contributed by atoms with E-state index in [9.17, 15) is 13.2 Å². The van der Waals surface area contributed by atoms with E-state index in [4.69, 9.17) is 16.3 Å². The highest BCUT2D eigenvalue weighted by Crippen LogP contribution is 2.36. The summed E-state index contributed by atoms with van der Waals surface area (Å²) >= 11 is 5.61. The fourth-order valence-corrected chi connectivity index (χ4v) is 3.03. The summed E-state index contributed by atoms with van der Waals surface area (Å²) in [4.78, 5) is 1.93. The molecule has 21 heavy (non-hydrogen) atoms. The lowest BCUT2D eigenvalue weighted by molar-refractivity contribution is -0.138. The van der Waals surface area contributed by atoms with E-state index >= 15 is 0 Å². The SMILES string of the molecule is CC1CN(c2ccc(CCl)c(C(F)(F)F)c2)CC(C)(C)O1. The van der Waals surface area contributed by atoms with Crippen molar-refractivity contribution >= 4 is 17.3 Å². The Morgan fingerprint density at radius 2 is 2.05 bits per heavy atom. The second-order valence-corrected chi connectivity index (χ2v) is 6.31. The zero-order chi connectivity index (χ0) is 15.8. The molecule has 1 unspecified atom stereocenters. The van der Waals surface area contributed by atoms with Gasteiger partial charge in [0, 0.05) is 24.7 Å². The molecule has 0 aromatic heterocycles. The summed E-state index contributed by atoms with van der Waals surface area (Å²) in [5.41, 5.74) is -0.388. The predicted octanol–water partition coefficient (Wildman–Crippen LogP) is 4.45. The van der Waals surface area contributed by atoms with Crippen LogP contribution in [0.5, 0.6) is 0 Å². The van der Waals surface area contributed by atoms with Gasteiger partial charge >= 0.3 is 6.18 Å². The highest BCUT2D eigenvalue weighted by Gasteiger charge is 2.35. The summed E-state index contributed by atoms with van der Waals surface area (Å²) in [6, 6.07) is 4.34. The van der Waals surface area contributed by atoms with Crippen molar-refractivity contribution in [2.75, 3.05) is 18.0 Å². The maximum Gasteiger partial charge on any atom is 0.416 e. The monoisotopic (exact) mass is 321 g/mol. The first-order chi connectivity index (χ1) is 9.62. The Morgan fingerprint density at radius 1 is 1.38 bits per heavy atom. The van der Waals surface area contributed by atoms with Crippen LogP contribution in [0.25, 0.3) is 0 Å². The van der Waals surface area contributed by atoms with Crippen molar-refractivity contribution < 1.29 is 17.9 Å². The molecule has 2 rings (SSSR count). The van der Waals surface area contributed by atoms with Crippen molar-refractivity contribution in [3.05, 3.63) is 29.3 Å². The fraction of sp³-hybridized carbons (Fsp3) is 0.600. The number of alkyl halides is 4. The first-order valence-electron chi connectivity index (χ1n) is 6.81. The second kappa shape index (κ2) is 5.69. The fourth-order valence-electron chi connectivity index (χ4n) is 2.79. The molecule has 0 radical (unpaired) electrons. The number of hydrogen-bond acceptors (Lipinski definition) is 2. The van der Waals surface area contributed by atoms with Gasteiger partial charge in [0.25, 0.3) is 0 Å². The van der Waals surface area contributed by atoms with E-state index in [0.29, 0.717) is 18.8 Å². The topological polar surface area (TPSA) is 12.5 Å². The van der Waals surface area contributed by atoms with Gasteiger partial charge in [0.1, 0.15) is 0 Å². The summed E-state index contributed by atoms with van der Waals surface area (Å²) in [6.45, 7) is 6.92. The molecule has 1 aromatic rings. The summed E-state index contributed by atoms with van der Waals surface area (Å²) in [6.07, 6.45) is -4.43. The molecule has 1 fully saturated rings. The molecule has 2 nitrogen and oxygen atoms in total. The molecule has 1 aliphatic heterocycles. The van der Waals surface area contributed by atoms with Gasteiger partial charge in [0.15, 0.2) is 0 Å². The zero-order valence-corrected chi connectivity index (χ0v) is 13.1. The van der Waals surface area contributed by atoms with Crippen LogP contribution in [0.15, 0.2) is 18.2 Å². The van der Waals surface area contributed by atoms with E-state index in [2.05, 4.69) is 0 Å². The van der Waals surface area contributed by atoms with Crippen LogP contribution in [0.4, 0.5) is 18.9 Å². The number of ether oxygens (including phenoxy) is 1. The predicted molar refractivity (Wildman–Crippen MR) is 77.8 cm³/mol. The third-order valence-electron chi connectivity index (χ3n) is 3.48. The molecule has 1 atom stereocenters. The van der Waals surface area contributed by atoms with Crippen molar-refractivity contribution in [1.82, 2.24) is 0 Å². The van der Waals surface area contributed by atoms with Crippen LogP contribution in [0, 0.1) is 0 Å². The summed E-state index contributed by atoms with van der Waals surface area (Å²) < 4.78 is 45.1. The number of benzene rings is 1. The standard InChI is InChI=1S/C15H19ClF3NO/c1-10-8-20(9-14(2,3)21-10)12-5-4-11(7-16)13(6-12)15(17,18)19/h4-6,10H,7-9H2,1-3H3. The number of anilines is 1. The van der Waals surface area contributed by atoms with E-state index in [-0.39, 0.29) is 23.1 Å². The Balaban J connectivity index is 2.36. The average Bonchev–Trinajstić information content (AvgIpc) is 2.34. The van der Waals surface area contributed by atoms with Crippen molar-refractivity contribution in [3.63, 3.8) is 0 Å². The first kappa shape index (κ1) is 16.4. The number of morpholine rings is 1. The van der Waals surface area contributed by atoms with E-state index in [0.717, 1.165) is 0 Å². The molecule has 0 amide bonds. The Bertz CT molecular complexity index is 516. The molecule has 0 saturated carbocycles. The average molecular weight is 322 g/mol. The van der Waals surface area contributed by atoms with Crippen LogP contribution in [0.2, 0.25) is 0 Å². The van der Waals surface area contributed by atoms with Crippen molar-refractivity contribution in [3.8, 4) is 0 Å². The van der Waals surface area contributed by atoms with Gasteiger partial charge in [0.2, 0.25) is 0 Å². The molecule has 0 aliphatic carbocycles. The van der Waals surface area contributed by atoms with E-state index in [1.807, 2.05) is 25.7 Å². The molecule has 1 saturated heterocycles. The van der Waals surface area contributed by atoms with E-state index in [1.54, 1.807) is 6.07 Å². The van der Waals surface area contributed by atoms with Gasteiger partial charge < -0.3 is 9.64 Å². The lowest BCUT2D eigenvalue weighted by Gasteiger charge is -2.43. The Morgan fingerprint density at radius 3 is 2.57 bits per heavy atom. The van der Waals surface area contributed by atoms with Gasteiger partial charge in [-0.1, -0.05) is 6.07 Å². The Labute approximate surface area is 127 Å². The quantitative estimate of drug-likeness (QED) is 0.746. The maximum atomic E-state index is 13.1. The van der Waals surface area contributed by atoms with Crippen molar-refractivity contribution in [2.45, 2.75) is 44.5 Å². The van der Waals surface area contributed by atoms with Crippen LogP contribution < -0.4 is 4.90 Å². The second-order valence-electron chi connectivity index (χ2n) is 6.04. The molecule has 0 N–H and O–H groups in total. The molecule has 1 heterocycles. The zero-order valence-electron chi connectivity index (χ0n) is 12.3. The van der Waals surface area contributed by atoms with Gasteiger partial charge in [0.05, 0.1) is 17.3 Å². The lowest BCUT2D eigenvalue weighted by Crippen LogP contribution is -2.52. The summed E-state index contributed by atoms with van der Waals surface area (Å²) in [5.74, 6) is -0.153. The number of rotatable bonds is 2. The van der Waals surface area contributed by atoms with Crippen LogP contribution >= 0.6 is 11.6 Å². The van der Waals surface area contributed by atoms with Gasteiger partial charge in [-0.2, -0.15) is 13.2 Å². The van der Waals surface area contributed by atoms with Crippen LogP contribution in [0.1, 0.15) is 31.9 Å². The summed E-state index contributed by atoms with van der Waals surface area (Å²) in [7, 11) is 0. The Kier molecular flexibility index (Phi) is 4.45. The molecule has 0 bridgehead atoms. The number of halogens is 4.